The van der Waals surface area contributed by atoms with Gasteiger partial charge in [0.1, 0.15) is 0 Å². The minimum atomic E-state index is 0.213. The third-order valence-electron chi connectivity index (χ3n) is 2.12. The average molecular weight is 322 g/mol. The number of rotatable bonds is 5. The van der Waals surface area contributed by atoms with Gasteiger partial charge in [-0.15, -0.1) is 0 Å². The van der Waals surface area contributed by atoms with E-state index in [2.05, 4.69) is 28.7 Å². The lowest BCUT2D eigenvalue weighted by Gasteiger charge is -2.11. The summed E-state index contributed by atoms with van der Waals surface area (Å²) in [6, 6.07) is 4.01. The van der Waals surface area contributed by atoms with E-state index in [-0.39, 0.29) is 6.61 Å². The van der Waals surface area contributed by atoms with Crippen molar-refractivity contribution in [2.45, 2.75) is 12.8 Å². The van der Waals surface area contributed by atoms with Crippen molar-refractivity contribution >= 4 is 22.6 Å². The first-order valence-electron chi connectivity index (χ1n) is 4.74. The molecular weight excluding hydrogens is 307 g/mol. The Labute approximate surface area is 104 Å². The van der Waals surface area contributed by atoms with Gasteiger partial charge in [-0.1, -0.05) is 0 Å². The summed E-state index contributed by atoms with van der Waals surface area (Å²) in [5.41, 5.74) is 1.16. The molecule has 0 spiro atoms. The highest BCUT2D eigenvalue weighted by Crippen LogP contribution is 2.33. The lowest BCUT2D eigenvalue weighted by molar-refractivity contribution is 0.288. The van der Waals surface area contributed by atoms with Crippen LogP contribution in [0.4, 0.5) is 0 Å². The second-order valence-corrected chi connectivity index (χ2v) is 4.30. The van der Waals surface area contributed by atoms with Crippen molar-refractivity contribution in [2.24, 2.45) is 0 Å². The van der Waals surface area contributed by atoms with Gasteiger partial charge in [0, 0.05) is 6.61 Å². The molecule has 15 heavy (non-hydrogen) atoms. The molecule has 0 aliphatic heterocycles. The van der Waals surface area contributed by atoms with E-state index in [1.807, 2.05) is 6.07 Å². The molecule has 84 valence electrons. The standard InChI is InChI=1S/C11H15IO3/c1-14-10-7-8(4-3-5-13)6-9(12)11(10)15-2/h6-7,13H,3-5H2,1-2H3. The van der Waals surface area contributed by atoms with E-state index in [1.165, 1.54) is 0 Å². The summed E-state index contributed by atoms with van der Waals surface area (Å²) in [6.45, 7) is 0.213. The predicted molar refractivity (Wildman–Crippen MR) is 67.7 cm³/mol. The van der Waals surface area contributed by atoms with Crippen molar-refractivity contribution in [1.29, 1.82) is 0 Å². The SMILES string of the molecule is COc1cc(CCCO)cc(I)c1OC. The van der Waals surface area contributed by atoms with Crippen LogP contribution in [0.3, 0.4) is 0 Å². The van der Waals surface area contributed by atoms with Crippen molar-refractivity contribution in [3.8, 4) is 11.5 Å². The van der Waals surface area contributed by atoms with Gasteiger partial charge >= 0.3 is 0 Å². The quantitative estimate of drug-likeness (QED) is 0.845. The van der Waals surface area contributed by atoms with E-state index in [4.69, 9.17) is 14.6 Å². The predicted octanol–water partition coefficient (Wildman–Crippen LogP) is 2.23. The molecule has 1 aromatic rings. The molecule has 0 atom stereocenters. The van der Waals surface area contributed by atoms with Crippen LogP contribution in [-0.4, -0.2) is 25.9 Å². The lowest BCUT2D eigenvalue weighted by Crippen LogP contribution is -1.97. The highest BCUT2D eigenvalue weighted by molar-refractivity contribution is 14.1. The maximum atomic E-state index is 8.77. The smallest absolute Gasteiger partial charge is 0.174 e. The van der Waals surface area contributed by atoms with Gasteiger partial charge in [0.25, 0.3) is 0 Å². The summed E-state index contributed by atoms with van der Waals surface area (Å²) >= 11 is 2.22. The van der Waals surface area contributed by atoms with Gasteiger partial charge in [-0.05, 0) is 53.1 Å². The average Bonchev–Trinajstić information content (AvgIpc) is 2.25. The molecule has 0 aliphatic carbocycles. The Kier molecular flexibility index (Phi) is 5.17. The largest absolute Gasteiger partial charge is 0.493 e. The number of benzene rings is 1. The fourth-order valence-electron chi connectivity index (χ4n) is 1.40. The van der Waals surface area contributed by atoms with Gasteiger partial charge in [-0.3, -0.25) is 0 Å². The normalized spacial score (nSPS) is 10.1. The Balaban J connectivity index is 2.97. The fourth-order valence-corrected chi connectivity index (χ4v) is 2.28. The first-order valence-corrected chi connectivity index (χ1v) is 5.82. The molecule has 0 bridgehead atoms. The summed E-state index contributed by atoms with van der Waals surface area (Å²) in [4.78, 5) is 0. The lowest BCUT2D eigenvalue weighted by atomic mass is 10.1. The first kappa shape index (κ1) is 12.6. The molecule has 1 rings (SSSR count). The summed E-state index contributed by atoms with van der Waals surface area (Å²) in [5.74, 6) is 1.52. The molecule has 0 unspecified atom stereocenters. The highest BCUT2D eigenvalue weighted by atomic mass is 127. The third-order valence-corrected chi connectivity index (χ3v) is 2.92. The summed E-state index contributed by atoms with van der Waals surface area (Å²) in [7, 11) is 3.26. The van der Waals surface area contributed by atoms with E-state index in [9.17, 15) is 0 Å². The zero-order valence-electron chi connectivity index (χ0n) is 8.92. The second kappa shape index (κ2) is 6.17. The van der Waals surface area contributed by atoms with Gasteiger partial charge in [0.15, 0.2) is 11.5 Å². The number of aliphatic hydroxyl groups is 1. The van der Waals surface area contributed by atoms with Crippen LogP contribution in [0.25, 0.3) is 0 Å². The molecule has 1 N–H and O–H groups in total. The van der Waals surface area contributed by atoms with Crippen molar-refractivity contribution in [3.63, 3.8) is 0 Å². The van der Waals surface area contributed by atoms with Crippen LogP contribution in [0.15, 0.2) is 12.1 Å². The van der Waals surface area contributed by atoms with Crippen LogP contribution in [0.5, 0.6) is 11.5 Å². The van der Waals surface area contributed by atoms with Crippen LogP contribution in [0.2, 0.25) is 0 Å². The van der Waals surface area contributed by atoms with E-state index < -0.39 is 0 Å². The van der Waals surface area contributed by atoms with Crippen LogP contribution < -0.4 is 9.47 Å². The van der Waals surface area contributed by atoms with E-state index in [0.717, 1.165) is 33.5 Å². The monoisotopic (exact) mass is 322 g/mol. The maximum Gasteiger partial charge on any atom is 0.174 e. The summed E-state index contributed by atoms with van der Waals surface area (Å²) in [5, 5.41) is 8.77. The molecule has 0 saturated carbocycles. The van der Waals surface area contributed by atoms with Crippen molar-refractivity contribution in [2.75, 3.05) is 20.8 Å². The number of hydrogen-bond acceptors (Lipinski definition) is 3. The Bertz CT molecular complexity index is 326. The van der Waals surface area contributed by atoms with Crippen molar-refractivity contribution in [3.05, 3.63) is 21.3 Å². The van der Waals surface area contributed by atoms with Gasteiger partial charge in [-0.2, -0.15) is 0 Å². The number of aryl methyl sites for hydroxylation is 1. The van der Waals surface area contributed by atoms with Crippen LogP contribution in [0, 0.1) is 3.57 Å². The summed E-state index contributed by atoms with van der Waals surface area (Å²) < 4.78 is 11.5. The molecule has 1 aromatic carbocycles. The number of ether oxygens (including phenoxy) is 2. The molecule has 3 nitrogen and oxygen atoms in total. The number of aliphatic hydroxyl groups excluding tert-OH is 1. The molecule has 0 radical (unpaired) electrons. The molecule has 0 amide bonds. The van der Waals surface area contributed by atoms with E-state index in [0.29, 0.717) is 0 Å². The molecule has 0 aliphatic rings. The first-order chi connectivity index (χ1) is 7.22. The molecule has 0 saturated heterocycles. The molecule has 0 fully saturated rings. The van der Waals surface area contributed by atoms with Gasteiger partial charge in [0.2, 0.25) is 0 Å². The Morgan fingerprint density at radius 2 is 2.00 bits per heavy atom. The number of halogens is 1. The molecule has 0 heterocycles. The van der Waals surface area contributed by atoms with Gasteiger partial charge in [-0.25, -0.2) is 0 Å². The minimum Gasteiger partial charge on any atom is -0.493 e. The zero-order chi connectivity index (χ0) is 11.3. The maximum absolute atomic E-state index is 8.77. The second-order valence-electron chi connectivity index (χ2n) is 3.14. The minimum absolute atomic E-state index is 0.213. The van der Waals surface area contributed by atoms with Gasteiger partial charge < -0.3 is 14.6 Å². The molecule has 4 heteroatoms. The van der Waals surface area contributed by atoms with Crippen molar-refractivity contribution in [1.82, 2.24) is 0 Å². The topological polar surface area (TPSA) is 38.7 Å². The number of methoxy groups -OCH3 is 2. The van der Waals surface area contributed by atoms with E-state index in [1.54, 1.807) is 14.2 Å². The fraction of sp³-hybridized carbons (Fsp3) is 0.455. The van der Waals surface area contributed by atoms with Crippen LogP contribution in [-0.2, 0) is 6.42 Å². The highest BCUT2D eigenvalue weighted by Gasteiger charge is 2.09. The number of hydrogen-bond donors (Lipinski definition) is 1. The molecular formula is C11H15IO3. The Morgan fingerprint density at radius 1 is 1.27 bits per heavy atom. The Hall–Kier alpha value is -0.490. The van der Waals surface area contributed by atoms with Gasteiger partial charge in [0.05, 0.1) is 17.8 Å². The van der Waals surface area contributed by atoms with Crippen LogP contribution in [0.1, 0.15) is 12.0 Å². The third kappa shape index (κ3) is 3.24. The Morgan fingerprint density at radius 3 is 2.53 bits per heavy atom. The zero-order valence-corrected chi connectivity index (χ0v) is 11.1. The summed E-state index contributed by atoms with van der Waals surface area (Å²) in [6.07, 6.45) is 1.62. The molecule has 0 aromatic heterocycles. The van der Waals surface area contributed by atoms with E-state index >= 15 is 0 Å². The van der Waals surface area contributed by atoms with Crippen LogP contribution >= 0.6 is 22.6 Å². The van der Waals surface area contributed by atoms with Crippen molar-refractivity contribution < 1.29 is 14.6 Å².